The molecule has 4 nitrogen and oxygen atoms in total. The molecule has 5 heteroatoms. The van der Waals surface area contributed by atoms with Crippen molar-refractivity contribution in [1.82, 2.24) is 14.2 Å². The highest BCUT2D eigenvalue weighted by Crippen LogP contribution is 2.32. The highest BCUT2D eigenvalue weighted by Gasteiger charge is 2.32. The first-order chi connectivity index (χ1) is 11.8. The lowest BCUT2D eigenvalue weighted by Gasteiger charge is -2.22. The van der Waals surface area contributed by atoms with Gasteiger partial charge in [-0.25, -0.2) is 9.29 Å². The Bertz CT molecular complexity index is 743. The molecule has 1 aromatic heterocycles. The number of hydrogen-bond acceptors (Lipinski definition) is 4. The molecule has 1 aromatic carbocycles. The van der Waals surface area contributed by atoms with E-state index in [1.165, 1.54) is 11.1 Å². The van der Waals surface area contributed by atoms with Crippen molar-refractivity contribution in [3.05, 3.63) is 71.4 Å². The Labute approximate surface area is 146 Å². The summed E-state index contributed by atoms with van der Waals surface area (Å²) < 4.78 is 2.33. The second-order valence-corrected chi connectivity index (χ2v) is 7.29. The first-order valence-electron chi connectivity index (χ1n) is 8.13. The minimum Gasteiger partial charge on any atom is -0.334 e. The largest absolute Gasteiger partial charge is 0.334 e. The number of benzene rings is 1. The predicted octanol–water partition coefficient (Wildman–Crippen LogP) is 2.79. The average molecular weight is 337 g/mol. The maximum absolute atomic E-state index is 12.5. The van der Waals surface area contributed by atoms with E-state index in [4.69, 9.17) is 0 Å². The number of nitrogens with zero attached hydrogens (tertiary/aromatic N) is 3. The molecular weight excluding hydrogens is 318 g/mol. The fourth-order valence-corrected chi connectivity index (χ4v) is 4.15. The molecule has 0 aliphatic carbocycles. The summed E-state index contributed by atoms with van der Waals surface area (Å²) in [6, 6.07) is 16.0. The molecule has 2 aromatic rings. The Kier molecular flexibility index (Phi) is 4.36. The van der Waals surface area contributed by atoms with Crippen LogP contribution in [-0.2, 0) is 11.2 Å². The quantitative estimate of drug-likeness (QED) is 0.635. The molecule has 0 saturated heterocycles. The molecule has 3 heterocycles. The van der Waals surface area contributed by atoms with Gasteiger partial charge in [0.05, 0.1) is 6.42 Å². The number of carbonyl (C=O) groups is 1. The summed E-state index contributed by atoms with van der Waals surface area (Å²) in [4.78, 5) is 18.8. The lowest BCUT2D eigenvalue weighted by molar-refractivity contribution is -0.129. The maximum Gasteiger partial charge on any atom is 0.227 e. The molecular formula is C19H19N3OS. The smallest absolute Gasteiger partial charge is 0.227 e. The van der Waals surface area contributed by atoms with E-state index in [1.54, 1.807) is 11.9 Å². The Morgan fingerprint density at radius 3 is 2.33 bits per heavy atom. The van der Waals surface area contributed by atoms with Gasteiger partial charge in [0, 0.05) is 32.4 Å². The Morgan fingerprint density at radius 2 is 1.67 bits per heavy atom. The summed E-state index contributed by atoms with van der Waals surface area (Å²) in [5, 5.41) is 1.02. The zero-order valence-electron chi connectivity index (χ0n) is 13.4. The van der Waals surface area contributed by atoms with Crippen molar-refractivity contribution in [1.29, 1.82) is 0 Å². The molecule has 4 rings (SSSR count). The predicted molar refractivity (Wildman–Crippen MR) is 95.4 cm³/mol. The molecule has 0 N–H and O–H groups in total. The second-order valence-electron chi connectivity index (χ2n) is 6.18. The molecule has 0 bridgehead atoms. The van der Waals surface area contributed by atoms with Gasteiger partial charge in [-0.1, -0.05) is 36.4 Å². The second kappa shape index (κ2) is 6.79. The van der Waals surface area contributed by atoms with Crippen molar-refractivity contribution in [3.8, 4) is 0 Å². The monoisotopic (exact) mass is 337 g/mol. The van der Waals surface area contributed by atoms with Crippen molar-refractivity contribution in [2.75, 3.05) is 26.2 Å². The number of carbonyl (C=O) groups excluding carboxylic acids is 1. The summed E-state index contributed by atoms with van der Waals surface area (Å²) in [7, 11) is 0. The van der Waals surface area contributed by atoms with E-state index in [2.05, 4.69) is 9.29 Å². The van der Waals surface area contributed by atoms with E-state index in [0.29, 0.717) is 6.42 Å². The molecule has 0 atom stereocenters. The van der Waals surface area contributed by atoms with Gasteiger partial charge in [-0.2, -0.15) is 0 Å². The summed E-state index contributed by atoms with van der Waals surface area (Å²) >= 11 is 1.70. The molecule has 0 radical (unpaired) electrons. The van der Waals surface area contributed by atoms with Gasteiger partial charge in [-0.15, -0.1) is 0 Å². The molecule has 2 aliphatic rings. The third-order valence-corrected chi connectivity index (χ3v) is 5.35. The average Bonchev–Trinajstić information content (AvgIpc) is 3.15. The van der Waals surface area contributed by atoms with E-state index in [-0.39, 0.29) is 5.91 Å². The van der Waals surface area contributed by atoms with Crippen molar-refractivity contribution < 1.29 is 4.79 Å². The molecule has 122 valence electrons. The van der Waals surface area contributed by atoms with Gasteiger partial charge >= 0.3 is 0 Å². The first kappa shape index (κ1) is 15.4. The third kappa shape index (κ3) is 3.37. The van der Waals surface area contributed by atoms with Crippen LogP contribution >= 0.6 is 11.9 Å². The summed E-state index contributed by atoms with van der Waals surface area (Å²) in [5.74, 6) is 0.222. The van der Waals surface area contributed by atoms with Gasteiger partial charge in [0.1, 0.15) is 5.03 Å². The standard InChI is InChI=1S/C19H19N3OS/c23-19(10-15-6-2-1-3-7-15)21-11-16-13-22(14-17(16)12-21)24-18-8-4-5-9-20-18/h1-9H,10-14H2. The molecule has 0 unspecified atom stereocenters. The van der Waals surface area contributed by atoms with E-state index in [0.717, 1.165) is 36.8 Å². The van der Waals surface area contributed by atoms with Crippen LogP contribution in [0.2, 0.25) is 0 Å². The molecule has 0 fully saturated rings. The highest BCUT2D eigenvalue weighted by atomic mass is 32.2. The molecule has 0 spiro atoms. The first-order valence-corrected chi connectivity index (χ1v) is 8.91. The van der Waals surface area contributed by atoms with Crippen molar-refractivity contribution in [2.45, 2.75) is 11.4 Å². The van der Waals surface area contributed by atoms with Crippen LogP contribution in [0.3, 0.4) is 0 Å². The van der Waals surface area contributed by atoms with Crippen LogP contribution in [0.15, 0.2) is 70.9 Å². The number of rotatable bonds is 4. The lowest BCUT2D eigenvalue weighted by Crippen LogP contribution is -2.33. The van der Waals surface area contributed by atoms with Crippen LogP contribution < -0.4 is 0 Å². The van der Waals surface area contributed by atoms with Crippen LogP contribution in [0.4, 0.5) is 0 Å². The summed E-state index contributed by atoms with van der Waals surface area (Å²) in [6.07, 6.45) is 2.32. The van der Waals surface area contributed by atoms with Crippen molar-refractivity contribution in [3.63, 3.8) is 0 Å². The zero-order chi connectivity index (χ0) is 16.4. The van der Waals surface area contributed by atoms with Crippen LogP contribution in [-0.4, -0.2) is 46.3 Å². The number of amides is 1. The lowest BCUT2D eigenvalue weighted by atomic mass is 10.1. The van der Waals surface area contributed by atoms with E-state index in [1.807, 2.05) is 59.6 Å². The molecule has 24 heavy (non-hydrogen) atoms. The number of hydrogen-bond donors (Lipinski definition) is 0. The van der Waals surface area contributed by atoms with Crippen LogP contribution in [0, 0.1) is 0 Å². The maximum atomic E-state index is 12.5. The Hall–Kier alpha value is -2.11. The summed E-state index contributed by atoms with van der Waals surface area (Å²) in [6.45, 7) is 3.40. The fraction of sp³-hybridized carbons (Fsp3) is 0.263. The van der Waals surface area contributed by atoms with Crippen LogP contribution in [0.25, 0.3) is 0 Å². The Balaban J connectivity index is 1.31. The highest BCUT2D eigenvalue weighted by molar-refractivity contribution is 7.97. The van der Waals surface area contributed by atoms with Crippen molar-refractivity contribution in [2.24, 2.45) is 0 Å². The third-order valence-electron chi connectivity index (χ3n) is 4.41. The molecule has 2 aliphatic heterocycles. The van der Waals surface area contributed by atoms with E-state index < -0.39 is 0 Å². The Morgan fingerprint density at radius 1 is 0.958 bits per heavy atom. The minimum atomic E-state index is 0.222. The van der Waals surface area contributed by atoms with Gasteiger partial charge in [0.2, 0.25) is 5.91 Å². The van der Waals surface area contributed by atoms with Gasteiger partial charge in [0.25, 0.3) is 0 Å². The molecule has 1 amide bonds. The zero-order valence-corrected chi connectivity index (χ0v) is 14.2. The summed E-state index contributed by atoms with van der Waals surface area (Å²) in [5.41, 5.74) is 3.89. The topological polar surface area (TPSA) is 36.4 Å². The number of pyridine rings is 1. The fourth-order valence-electron chi connectivity index (χ4n) is 3.20. The van der Waals surface area contributed by atoms with Crippen molar-refractivity contribution >= 4 is 17.9 Å². The van der Waals surface area contributed by atoms with Gasteiger partial charge in [-0.3, -0.25) is 4.79 Å². The normalized spacial score (nSPS) is 17.4. The van der Waals surface area contributed by atoms with Gasteiger partial charge in [-0.05, 0) is 40.8 Å². The van der Waals surface area contributed by atoms with E-state index in [9.17, 15) is 4.79 Å². The minimum absolute atomic E-state index is 0.222. The van der Waals surface area contributed by atoms with E-state index >= 15 is 0 Å². The number of aromatic nitrogens is 1. The van der Waals surface area contributed by atoms with Crippen LogP contribution in [0.1, 0.15) is 5.56 Å². The SMILES string of the molecule is O=C(Cc1ccccc1)N1CC2=C(CN(Sc3ccccn3)C2)C1. The van der Waals surface area contributed by atoms with Gasteiger partial charge in [0.15, 0.2) is 0 Å². The van der Waals surface area contributed by atoms with Crippen LogP contribution in [0.5, 0.6) is 0 Å². The van der Waals surface area contributed by atoms with Gasteiger partial charge < -0.3 is 4.90 Å². The molecule has 0 saturated carbocycles.